The maximum Gasteiger partial charge on any atom is 0.224 e. The molecule has 1 N–H and O–H groups in total. The number of sulfone groups is 1. The number of nitrogens with zero attached hydrogens (tertiary/aromatic N) is 2. The quantitative estimate of drug-likeness (QED) is 0.247. The normalized spacial score (nSPS) is 15.9. The number of rotatable bonds is 15. The van der Waals surface area contributed by atoms with Crippen molar-refractivity contribution in [3.05, 3.63) is 95.6 Å². The molecule has 0 radical (unpaired) electrons. The minimum Gasteiger partial charge on any atom is -0.497 e. The maximum atomic E-state index is 13.0. The van der Waals surface area contributed by atoms with E-state index in [2.05, 4.69) is 27.2 Å². The summed E-state index contributed by atoms with van der Waals surface area (Å²) in [5, 5.41) is 3.25. The number of amides is 1. The summed E-state index contributed by atoms with van der Waals surface area (Å²) in [4.78, 5) is 30.2. The molecule has 1 atom stereocenters. The van der Waals surface area contributed by atoms with Gasteiger partial charge in [-0.2, -0.15) is 0 Å². The van der Waals surface area contributed by atoms with Gasteiger partial charge in [-0.3, -0.25) is 4.79 Å². The van der Waals surface area contributed by atoms with Crippen LogP contribution in [0.15, 0.2) is 83.8 Å². The van der Waals surface area contributed by atoms with Gasteiger partial charge in [0.15, 0.2) is 9.84 Å². The van der Waals surface area contributed by atoms with Gasteiger partial charge in [0.1, 0.15) is 12.0 Å². The molecule has 44 heavy (non-hydrogen) atoms. The number of aldehydes is 1. The molecule has 9 heteroatoms. The molecule has 1 aliphatic heterocycles. The smallest absolute Gasteiger partial charge is 0.224 e. The van der Waals surface area contributed by atoms with Gasteiger partial charge in [-0.1, -0.05) is 54.6 Å². The fourth-order valence-electron chi connectivity index (χ4n) is 5.83. The molecular formula is C35H45N3O5S. The first-order valence-electron chi connectivity index (χ1n) is 15.2. The van der Waals surface area contributed by atoms with Crippen LogP contribution in [-0.2, 0) is 32.4 Å². The lowest BCUT2D eigenvalue weighted by molar-refractivity contribution is -0.121. The van der Waals surface area contributed by atoms with E-state index in [0.717, 1.165) is 80.6 Å². The van der Waals surface area contributed by atoms with E-state index in [9.17, 15) is 18.0 Å². The Balaban J connectivity index is 1.27. The third kappa shape index (κ3) is 9.74. The second-order valence-electron chi connectivity index (χ2n) is 12.1. The number of ether oxygens (including phenoxy) is 1. The molecule has 0 aromatic heterocycles. The summed E-state index contributed by atoms with van der Waals surface area (Å²) < 4.78 is 28.8. The average molecular weight is 620 g/mol. The molecule has 8 nitrogen and oxygen atoms in total. The molecule has 0 saturated carbocycles. The van der Waals surface area contributed by atoms with E-state index in [1.54, 1.807) is 19.2 Å². The molecule has 1 amide bonds. The average Bonchev–Trinajstić information content (AvgIpc) is 3.03. The fraction of sp³-hybridized carbons (Fsp3) is 0.429. The van der Waals surface area contributed by atoms with Crippen molar-refractivity contribution in [3.63, 3.8) is 0 Å². The van der Waals surface area contributed by atoms with Crippen LogP contribution in [0.3, 0.4) is 0 Å². The van der Waals surface area contributed by atoms with Gasteiger partial charge in [0.25, 0.3) is 0 Å². The van der Waals surface area contributed by atoms with E-state index in [-0.39, 0.29) is 23.8 Å². The largest absolute Gasteiger partial charge is 0.497 e. The third-order valence-electron chi connectivity index (χ3n) is 8.67. The van der Waals surface area contributed by atoms with Gasteiger partial charge in [0, 0.05) is 24.8 Å². The van der Waals surface area contributed by atoms with Gasteiger partial charge in [0.2, 0.25) is 5.91 Å². The van der Waals surface area contributed by atoms with Crippen LogP contribution in [0.25, 0.3) is 0 Å². The van der Waals surface area contributed by atoms with Gasteiger partial charge in [0.05, 0.1) is 24.5 Å². The Labute approximate surface area is 262 Å². The van der Waals surface area contributed by atoms with E-state index in [4.69, 9.17) is 4.74 Å². The number of hydrogen-bond acceptors (Lipinski definition) is 7. The number of piperidine rings is 1. The highest BCUT2D eigenvalue weighted by molar-refractivity contribution is 7.90. The molecule has 3 aromatic carbocycles. The fourth-order valence-corrected chi connectivity index (χ4v) is 6.46. The summed E-state index contributed by atoms with van der Waals surface area (Å²) in [7, 11) is 0.442. The van der Waals surface area contributed by atoms with Gasteiger partial charge < -0.3 is 24.6 Å². The van der Waals surface area contributed by atoms with Gasteiger partial charge in [-0.15, -0.1) is 0 Å². The number of nitrogens with one attached hydrogen (secondary N) is 1. The first-order chi connectivity index (χ1) is 21.1. The van der Waals surface area contributed by atoms with Crippen LogP contribution in [0.4, 0.5) is 0 Å². The lowest BCUT2D eigenvalue weighted by Crippen LogP contribution is -2.43. The van der Waals surface area contributed by atoms with Crippen LogP contribution in [0.1, 0.15) is 48.4 Å². The standard InChI is InChI=1S/C35H45N3O5S/c1-37(26-28-12-14-32(15-13-28)44(3,41)42)21-17-35(27-39)18-22-38(23-19-35)20-16-33(30-9-5-4-6-10-30)36-34(40)25-29-8-7-11-31(24-29)43-2/h4-15,24,27,33H,16-23,25-26H2,1-3H3,(H,36,40). The van der Waals surface area contributed by atoms with Crippen LogP contribution >= 0.6 is 0 Å². The summed E-state index contributed by atoms with van der Waals surface area (Å²) >= 11 is 0. The molecular weight excluding hydrogens is 574 g/mol. The second-order valence-corrected chi connectivity index (χ2v) is 14.1. The highest BCUT2D eigenvalue weighted by atomic mass is 32.2. The highest BCUT2D eigenvalue weighted by Crippen LogP contribution is 2.34. The summed E-state index contributed by atoms with van der Waals surface area (Å²) in [6, 6.07) is 24.6. The predicted octanol–water partition coefficient (Wildman–Crippen LogP) is 4.69. The zero-order valence-electron chi connectivity index (χ0n) is 26.1. The van der Waals surface area contributed by atoms with E-state index in [1.807, 2.05) is 61.6 Å². The molecule has 0 spiro atoms. The molecule has 0 bridgehead atoms. The molecule has 1 unspecified atom stereocenters. The third-order valence-corrected chi connectivity index (χ3v) is 9.80. The molecule has 1 fully saturated rings. The molecule has 3 aromatic rings. The van der Waals surface area contributed by atoms with Crippen molar-refractivity contribution < 1.29 is 22.7 Å². The van der Waals surface area contributed by atoms with Crippen LogP contribution in [-0.4, -0.2) is 77.0 Å². The summed E-state index contributed by atoms with van der Waals surface area (Å²) in [5.74, 6) is 0.709. The monoisotopic (exact) mass is 619 g/mol. The Hall–Kier alpha value is -3.53. The zero-order chi connectivity index (χ0) is 31.6. The van der Waals surface area contributed by atoms with Crippen molar-refractivity contribution in [2.45, 2.75) is 49.6 Å². The van der Waals surface area contributed by atoms with E-state index in [0.29, 0.717) is 11.4 Å². The van der Waals surface area contributed by atoms with Crippen LogP contribution in [0.5, 0.6) is 5.75 Å². The summed E-state index contributed by atoms with van der Waals surface area (Å²) in [6.07, 6.45) is 5.84. The first-order valence-corrected chi connectivity index (χ1v) is 17.1. The zero-order valence-corrected chi connectivity index (χ0v) is 26.9. The summed E-state index contributed by atoms with van der Waals surface area (Å²) in [6.45, 7) is 3.98. The van der Waals surface area contributed by atoms with E-state index in [1.165, 1.54) is 6.26 Å². The SMILES string of the molecule is COc1cccc(CC(=O)NC(CCN2CCC(C=O)(CCN(C)Cc3ccc(S(C)(=O)=O)cc3)CC2)c2ccccc2)c1. The first kappa shape index (κ1) is 33.4. The van der Waals surface area contributed by atoms with Crippen LogP contribution in [0.2, 0.25) is 0 Å². The van der Waals surface area contributed by atoms with Crippen molar-refractivity contribution in [2.24, 2.45) is 5.41 Å². The highest BCUT2D eigenvalue weighted by Gasteiger charge is 2.34. The molecule has 4 rings (SSSR count). The van der Waals surface area contributed by atoms with Crippen LogP contribution < -0.4 is 10.1 Å². The van der Waals surface area contributed by atoms with Crippen molar-refractivity contribution in [1.82, 2.24) is 15.1 Å². The van der Waals surface area contributed by atoms with Gasteiger partial charge in [-0.05, 0) is 93.3 Å². The molecule has 236 valence electrons. The number of carbonyl (C=O) groups is 2. The van der Waals surface area contributed by atoms with Crippen LogP contribution in [0, 0.1) is 5.41 Å². The molecule has 1 saturated heterocycles. The van der Waals surface area contributed by atoms with E-state index >= 15 is 0 Å². The Bertz CT molecular complexity index is 1470. The van der Waals surface area contributed by atoms with Crippen molar-refractivity contribution in [3.8, 4) is 5.75 Å². The van der Waals surface area contributed by atoms with Crippen molar-refractivity contribution in [1.29, 1.82) is 0 Å². The van der Waals surface area contributed by atoms with Gasteiger partial charge in [-0.25, -0.2) is 8.42 Å². The molecule has 0 aliphatic carbocycles. The predicted molar refractivity (Wildman–Crippen MR) is 173 cm³/mol. The lowest BCUT2D eigenvalue weighted by atomic mass is 9.77. The Kier molecular flexibility index (Phi) is 11.7. The number of methoxy groups -OCH3 is 1. The molecule has 1 heterocycles. The van der Waals surface area contributed by atoms with Gasteiger partial charge >= 0.3 is 0 Å². The Morgan fingerprint density at radius 3 is 2.36 bits per heavy atom. The summed E-state index contributed by atoms with van der Waals surface area (Å²) in [5.41, 5.74) is 2.69. The minimum atomic E-state index is -3.21. The number of likely N-dealkylation sites (tertiary alicyclic amines) is 1. The van der Waals surface area contributed by atoms with Crippen molar-refractivity contribution in [2.75, 3.05) is 46.6 Å². The van der Waals surface area contributed by atoms with E-state index < -0.39 is 9.84 Å². The maximum absolute atomic E-state index is 13.0. The number of carbonyl (C=O) groups excluding carboxylic acids is 2. The lowest BCUT2D eigenvalue weighted by Gasteiger charge is -2.39. The number of hydrogen-bond donors (Lipinski definition) is 1. The Morgan fingerprint density at radius 1 is 1.02 bits per heavy atom. The van der Waals surface area contributed by atoms with Crippen molar-refractivity contribution >= 4 is 22.0 Å². The second kappa shape index (κ2) is 15.5. The molecule has 1 aliphatic rings. The number of benzene rings is 3. The topological polar surface area (TPSA) is 96.0 Å². The minimum absolute atomic E-state index is 0.0267. The Morgan fingerprint density at radius 2 is 1.73 bits per heavy atom.